The van der Waals surface area contributed by atoms with Crippen molar-refractivity contribution >= 4 is 0 Å². The van der Waals surface area contributed by atoms with Gasteiger partial charge in [0.05, 0.1) is 18.4 Å². The molecule has 0 heterocycles. The molecule has 0 aromatic carbocycles. The van der Waals surface area contributed by atoms with Crippen LogP contribution < -0.4 is 0 Å². The predicted octanol–water partition coefficient (Wildman–Crippen LogP) is 2.24. The molecule has 0 unspecified atom stereocenters. The van der Waals surface area contributed by atoms with Gasteiger partial charge in [-0.15, -0.1) is 0 Å². The SMILES string of the molecule is C=C(OC)C(C)(C)N=[N+]=[N-]. The summed E-state index contributed by atoms with van der Waals surface area (Å²) in [4.78, 5) is 2.66. The Bertz CT molecular complexity index is 179. The third-order valence-electron chi connectivity index (χ3n) is 1.22. The average Bonchev–Trinajstić information content (AvgIpc) is 1.86. The first kappa shape index (κ1) is 8.85. The largest absolute Gasteiger partial charge is 0.501 e. The molecular weight excluding hydrogens is 130 g/mol. The lowest BCUT2D eigenvalue weighted by atomic mass is 10.1. The van der Waals surface area contributed by atoms with E-state index in [2.05, 4.69) is 16.6 Å². The molecule has 0 saturated carbocycles. The van der Waals surface area contributed by atoms with Gasteiger partial charge in [-0.3, -0.25) is 0 Å². The maximum Gasteiger partial charge on any atom is 0.0998 e. The fourth-order valence-corrected chi connectivity index (χ4v) is 0.417. The lowest BCUT2D eigenvalue weighted by Gasteiger charge is -2.18. The van der Waals surface area contributed by atoms with Gasteiger partial charge < -0.3 is 4.74 Å². The van der Waals surface area contributed by atoms with Gasteiger partial charge in [0, 0.05) is 4.91 Å². The highest BCUT2D eigenvalue weighted by molar-refractivity contribution is 5.05. The molecule has 0 aromatic heterocycles. The molecule has 0 fully saturated rings. The number of methoxy groups -OCH3 is 1. The van der Waals surface area contributed by atoms with Crippen LogP contribution in [-0.4, -0.2) is 12.6 Å². The summed E-state index contributed by atoms with van der Waals surface area (Å²) in [5, 5.41) is 3.48. The summed E-state index contributed by atoms with van der Waals surface area (Å²) < 4.78 is 4.81. The van der Waals surface area contributed by atoms with Crippen molar-refractivity contribution in [1.82, 2.24) is 0 Å². The van der Waals surface area contributed by atoms with Gasteiger partial charge in [-0.25, -0.2) is 0 Å². The first-order valence-electron chi connectivity index (χ1n) is 2.84. The lowest BCUT2D eigenvalue weighted by Crippen LogP contribution is -2.19. The van der Waals surface area contributed by atoms with Crippen molar-refractivity contribution in [3.05, 3.63) is 22.8 Å². The highest BCUT2D eigenvalue weighted by Gasteiger charge is 2.20. The van der Waals surface area contributed by atoms with Crippen LogP contribution in [0.4, 0.5) is 0 Å². The highest BCUT2D eigenvalue weighted by atomic mass is 16.5. The minimum atomic E-state index is -0.649. The smallest absolute Gasteiger partial charge is 0.0998 e. The van der Waals surface area contributed by atoms with Crippen LogP contribution in [0.2, 0.25) is 0 Å². The summed E-state index contributed by atoms with van der Waals surface area (Å²) >= 11 is 0. The zero-order valence-electron chi connectivity index (χ0n) is 6.46. The van der Waals surface area contributed by atoms with Crippen LogP contribution in [0.1, 0.15) is 13.8 Å². The minimum absolute atomic E-state index is 0.463. The van der Waals surface area contributed by atoms with Crippen LogP contribution in [0.5, 0.6) is 0 Å². The number of hydrogen-bond acceptors (Lipinski definition) is 2. The average molecular weight is 141 g/mol. The Morgan fingerprint density at radius 1 is 1.70 bits per heavy atom. The fraction of sp³-hybridized carbons (Fsp3) is 0.667. The van der Waals surface area contributed by atoms with E-state index < -0.39 is 5.54 Å². The Hall–Kier alpha value is -1.15. The zero-order valence-corrected chi connectivity index (χ0v) is 6.46. The van der Waals surface area contributed by atoms with E-state index in [1.165, 1.54) is 7.11 Å². The van der Waals surface area contributed by atoms with Gasteiger partial charge >= 0.3 is 0 Å². The summed E-state index contributed by atoms with van der Waals surface area (Å²) in [6.45, 7) is 7.05. The Morgan fingerprint density at radius 2 is 2.20 bits per heavy atom. The molecule has 4 nitrogen and oxygen atoms in total. The monoisotopic (exact) mass is 141 g/mol. The van der Waals surface area contributed by atoms with Gasteiger partial charge in [0.1, 0.15) is 0 Å². The number of hydrogen-bond donors (Lipinski definition) is 0. The van der Waals surface area contributed by atoms with Crippen molar-refractivity contribution < 1.29 is 4.74 Å². The van der Waals surface area contributed by atoms with Gasteiger partial charge in [-0.2, -0.15) is 0 Å². The lowest BCUT2D eigenvalue weighted by molar-refractivity contribution is 0.239. The molecule has 0 saturated heterocycles. The van der Waals surface area contributed by atoms with E-state index in [0.717, 1.165) is 0 Å². The molecule has 0 rings (SSSR count). The molecule has 0 aromatic rings. The van der Waals surface area contributed by atoms with Crippen molar-refractivity contribution in [2.75, 3.05) is 7.11 Å². The molecule has 0 bridgehead atoms. The van der Waals surface area contributed by atoms with Gasteiger partial charge in [-0.1, -0.05) is 11.7 Å². The third-order valence-corrected chi connectivity index (χ3v) is 1.22. The predicted molar refractivity (Wildman–Crippen MR) is 39.4 cm³/mol. The molecular formula is C6H11N3O. The minimum Gasteiger partial charge on any atom is -0.501 e. The second-order valence-corrected chi connectivity index (χ2v) is 2.38. The molecule has 0 radical (unpaired) electrons. The third kappa shape index (κ3) is 1.99. The van der Waals surface area contributed by atoms with Crippen LogP contribution in [0, 0.1) is 0 Å². The molecule has 0 atom stereocenters. The molecule has 0 aliphatic heterocycles. The quantitative estimate of drug-likeness (QED) is 0.257. The second-order valence-electron chi connectivity index (χ2n) is 2.38. The summed E-state index contributed by atoms with van der Waals surface area (Å²) in [6.07, 6.45) is 0. The standard InChI is InChI=1S/C6H11N3O/c1-5(10-4)6(2,3)8-9-7/h1H2,2-4H3. The maximum absolute atomic E-state index is 8.11. The first-order valence-corrected chi connectivity index (χ1v) is 2.84. The van der Waals surface area contributed by atoms with Crippen LogP contribution in [0.25, 0.3) is 10.4 Å². The number of nitrogens with zero attached hydrogens (tertiary/aromatic N) is 3. The van der Waals surface area contributed by atoms with Gasteiger partial charge in [0.2, 0.25) is 0 Å². The van der Waals surface area contributed by atoms with Crippen molar-refractivity contribution in [2.45, 2.75) is 19.4 Å². The number of azide groups is 1. The Morgan fingerprint density at radius 3 is 2.50 bits per heavy atom. The Labute approximate surface area is 60.1 Å². The number of rotatable bonds is 3. The van der Waals surface area contributed by atoms with E-state index in [9.17, 15) is 0 Å². The van der Waals surface area contributed by atoms with Crippen LogP contribution in [0.15, 0.2) is 17.5 Å². The fourth-order valence-electron chi connectivity index (χ4n) is 0.417. The highest BCUT2D eigenvalue weighted by Crippen LogP contribution is 2.18. The molecule has 0 spiro atoms. The van der Waals surface area contributed by atoms with Crippen LogP contribution >= 0.6 is 0 Å². The van der Waals surface area contributed by atoms with E-state index in [1.807, 2.05) is 0 Å². The van der Waals surface area contributed by atoms with E-state index in [-0.39, 0.29) is 0 Å². The van der Waals surface area contributed by atoms with E-state index in [4.69, 9.17) is 10.3 Å². The number of ether oxygens (including phenoxy) is 1. The molecule has 56 valence electrons. The van der Waals surface area contributed by atoms with Gasteiger partial charge in [0.25, 0.3) is 0 Å². The normalized spacial score (nSPS) is 9.90. The molecule has 0 aliphatic carbocycles. The molecule has 0 amide bonds. The first-order chi connectivity index (χ1) is 4.54. The molecule has 4 heteroatoms. The Balaban J connectivity index is 4.38. The summed E-state index contributed by atoms with van der Waals surface area (Å²) in [7, 11) is 1.50. The molecule has 0 aliphatic rings. The van der Waals surface area contributed by atoms with Crippen molar-refractivity contribution in [2.24, 2.45) is 5.11 Å². The maximum atomic E-state index is 8.11. The van der Waals surface area contributed by atoms with Gasteiger partial charge in [-0.05, 0) is 19.4 Å². The van der Waals surface area contributed by atoms with Crippen LogP contribution in [0.3, 0.4) is 0 Å². The summed E-state index contributed by atoms with van der Waals surface area (Å²) in [6, 6.07) is 0. The van der Waals surface area contributed by atoms with E-state index >= 15 is 0 Å². The zero-order chi connectivity index (χ0) is 8.20. The van der Waals surface area contributed by atoms with Crippen LogP contribution in [-0.2, 0) is 4.74 Å². The topological polar surface area (TPSA) is 58.0 Å². The van der Waals surface area contributed by atoms with Gasteiger partial charge in [0.15, 0.2) is 0 Å². The van der Waals surface area contributed by atoms with Crippen molar-refractivity contribution in [3.8, 4) is 0 Å². The second kappa shape index (κ2) is 3.13. The van der Waals surface area contributed by atoms with Crippen molar-refractivity contribution in [3.63, 3.8) is 0 Å². The molecule has 10 heavy (non-hydrogen) atoms. The molecule has 0 N–H and O–H groups in total. The summed E-state index contributed by atoms with van der Waals surface area (Å²) in [5.41, 5.74) is 7.46. The Kier molecular flexibility index (Phi) is 2.77. The van der Waals surface area contributed by atoms with E-state index in [1.54, 1.807) is 13.8 Å². The van der Waals surface area contributed by atoms with E-state index in [0.29, 0.717) is 5.76 Å². The van der Waals surface area contributed by atoms with Crippen molar-refractivity contribution in [1.29, 1.82) is 0 Å². The summed E-state index contributed by atoms with van der Waals surface area (Å²) in [5.74, 6) is 0.463.